The minimum Gasteiger partial charge on any atom is -0.380 e. The number of amides is 1. The van der Waals surface area contributed by atoms with Gasteiger partial charge in [0.2, 0.25) is 5.91 Å². The van der Waals surface area contributed by atoms with Gasteiger partial charge in [0.25, 0.3) is 0 Å². The van der Waals surface area contributed by atoms with Crippen molar-refractivity contribution in [1.82, 2.24) is 0 Å². The van der Waals surface area contributed by atoms with Crippen LogP contribution >= 0.6 is 0 Å². The molecule has 1 N–H and O–H groups in total. The lowest BCUT2D eigenvalue weighted by molar-refractivity contribution is -0.111. The molecule has 3 nitrogen and oxygen atoms in total. The van der Waals surface area contributed by atoms with Crippen LogP contribution in [-0.4, -0.2) is 13.0 Å². The van der Waals surface area contributed by atoms with E-state index >= 15 is 0 Å². The zero-order valence-electron chi connectivity index (χ0n) is 8.12. The van der Waals surface area contributed by atoms with E-state index in [1.807, 2.05) is 24.3 Å². The summed E-state index contributed by atoms with van der Waals surface area (Å²) in [4.78, 5) is 10.9. The van der Waals surface area contributed by atoms with Crippen molar-refractivity contribution in [1.29, 1.82) is 0 Å². The fourth-order valence-electron chi connectivity index (χ4n) is 1.04. The van der Waals surface area contributed by atoms with Crippen LogP contribution in [0.15, 0.2) is 36.9 Å². The van der Waals surface area contributed by atoms with Gasteiger partial charge in [0.15, 0.2) is 0 Å². The fraction of sp³-hybridized carbons (Fsp3) is 0.182. The monoisotopic (exact) mass is 191 g/mol. The molecule has 0 unspecified atom stereocenters. The van der Waals surface area contributed by atoms with E-state index in [1.165, 1.54) is 6.08 Å². The van der Waals surface area contributed by atoms with Crippen LogP contribution in [0.25, 0.3) is 0 Å². The lowest BCUT2D eigenvalue weighted by atomic mass is 10.2. The molecule has 0 atom stereocenters. The van der Waals surface area contributed by atoms with Gasteiger partial charge in [-0.05, 0) is 23.8 Å². The average Bonchev–Trinajstić information content (AvgIpc) is 2.21. The van der Waals surface area contributed by atoms with Crippen LogP contribution in [0, 0.1) is 0 Å². The van der Waals surface area contributed by atoms with Gasteiger partial charge in [0.1, 0.15) is 0 Å². The van der Waals surface area contributed by atoms with Crippen molar-refractivity contribution < 1.29 is 9.53 Å². The van der Waals surface area contributed by atoms with E-state index in [-0.39, 0.29) is 5.91 Å². The maximum atomic E-state index is 10.9. The van der Waals surface area contributed by atoms with Crippen LogP contribution in [0.2, 0.25) is 0 Å². The molecule has 1 aromatic carbocycles. The molecule has 0 radical (unpaired) electrons. The van der Waals surface area contributed by atoms with Crippen molar-refractivity contribution in [3.8, 4) is 0 Å². The number of hydrogen-bond acceptors (Lipinski definition) is 2. The number of carbonyl (C=O) groups excluding carboxylic acids is 1. The van der Waals surface area contributed by atoms with Gasteiger partial charge in [-0.2, -0.15) is 0 Å². The highest BCUT2D eigenvalue weighted by atomic mass is 16.5. The maximum Gasteiger partial charge on any atom is 0.247 e. The molecule has 0 aliphatic carbocycles. The molecule has 1 rings (SSSR count). The summed E-state index contributed by atoms with van der Waals surface area (Å²) in [5, 5.41) is 2.66. The van der Waals surface area contributed by atoms with Gasteiger partial charge in [0, 0.05) is 12.8 Å². The van der Waals surface area contributed by atoms with Gasteiger partial charge in [-0.3, -0.25) is 4.79 Å². The van der Waals surface area contributed by atoms with Gasteiger partial charge in [0.05, 0.1) is 6.61 Å². The van der Waals surface area contributed by atoms with E-state index in [1.54, 1.807) is 7.11 Å². The molecule has 3 heteroatoms. The summed E-state index contributed by atoms with van der Waals surface area (Å²) in [6.07, 6.45) is 1.24. The molecule has 74 valence electrons. The number of benzene rings is 1. The Morgan fingerprint density at radius 1 is 1.50 bits per heavy atom. The van der Waals surface area contributed by atoms with Crippen LogP contribution in [0.4, 0.5) is 5.69 Å². The highest BCUT2D eigenvalue weighted by Crippen LogP contribution is 2.09. The lowest BCUT2D eigenvalue weighted by Gasteiger charge is -2.03. The Labute approximate surface area is 83.4 Å². The minimum atomic E-state index is -0.204. The smallest absolute Gasteiger partial charge is 0.247 e. The first-order chi connectivity index (χ1) is 6.76. The standard InChI is InChI=1S/C11H13NO2/c1-3-11(13)12-10-6-4-9(5-7-10)8-14-2/h3-7H,1,8H2,2H3,(H,12,13). The summed E-state index contributed by atoms with van der Waals surface area (Å²) >= 11 is 0. The zero-order valence-corrected chi connectivity index (χ0v) is 8.12. The predicted octanol–water partition coefficient (Wildman–Crippen LogP) is 1.96. The lowest BCUT2D eigenvalue weighted by Crippen LogP contribution is -2.06. The molecule has 0 saturated carbocycles. The van der Waals surface area contributed by atoms with Gasteiger partial charge in [-0.25, -0.2) is 0 Å². The Hall–Kier alpha value is -1.61. The van der Waals surface area contributed by atoms with E-state index in [2.05, 4.69) is 11.9 Å². The van der Waals surface area contributed by atoms with Gasteiger partial charge < -0.3 is 10.1 Å². The molecule has 0 aliphatic heterocycles. The largest absolute Gasteiger partial charge is 0.380 e. The Morgan fingerprint density at radius 2 is 2.14 bits per heavy atom. The normalized spacial score (nSPS) is 9.50. The van der Waals surface area contributed by atoms with Crippen molar-refractivity contribution >= 4 is 11.6 Å². The first-order valence-corrected chi connectivity index (χ1v) is 4.27. The van der Waals surface area contributed by atoms with Crippen LogP contribution in [-0.2, 0) is 16.1 Å². The average molecular weight is 191 g/mol. The van der Waals surface area contributed by atoms with Gasteiger partial charge >= 0.3 is 0 Å². The van der Waals surface area contributed by atoms with Gasteiger partial charge in [-0.1, -0.05) is 18.7 Å². The first-order valence-electron chi connectivity index (χ1n) is 4.27. The molecule has 0 aromatic heterocycles. The van der Waals surface area contributed by atoms with E-state index in [0.717, 1.165) is 11.3 Å². The maximum absolute atomic E-state index is 10.9. The Bertz CT molecular complexity index is 317. The molecule has 0 heterocycles. The Balaban J connectivity index is 2.63. The molecular weight excluding hydrogens is 178 g/mol. The summed E-state index contributed by atoms with van der Waals surface area (Å²) in [6, 6.07) is 7.47. The summed E-state index contributed by atoms with van der Waals surface area (Å²) in [7, 11) is 1.65. The molecule has 0 spiro atoms. The molecule has 14 heavy (non-hydrogen) atoms. The van der Waals surface area contributed by atoms with Crippen molar-refractivity contribution in [3.63, 3.8) is 0 Å². The summed E-state index contributed by atoms with van der Waals surface area (Å²) in [5.74, 6) is -0.204. The quantitative estimate of drug-likeness (QED) is 0.739. The number of ether oxygens (including phenoxy) is 1. The van der Waals surface area contributed by atoms with Crippen LogP contribution in [0.3, 0.4) is 0 Å². The third kappa shape index (κ3) is 3.03. The highest BCUT2D eigenvalue weighted by Gasteiger charge is 1.96. The van der Waals surface area contributed by atoms with Crippen molar-refractivity contribution in [2.45, 2.75) is 6.61 Å². The second kappa shape index (κ2) is 5.19. The molecule has 0 fully saturated rings. The summed E-state index contributed by atoms with van der Waals surface area (Å²) < 4.78 is 4.97. The van der Waals surface area contributed by atoms with E-state index in [9.17, 15) is 4.79 Å². The number of anilines is 1. The van der Waals surface area contributed by atoms with Crippen molar-refractivity contribution in [3.05, 3.63) is 42.5 Å². The van der Waals surface area contributed by atoms with E-state index < -0.39 is 0 Å². The zero-order chi connectivity index (χ0) is 10.4. The third-order valence-electron chi connectivity index (χ3n) is 1.72. The minimum absolute atomic E-state index is 0.204. The van der Waals surface area contributed by atoms with E-state index in [4.69, 9.17) is 4.74 Å². The Morgan fingerprint density at radius 3 is 2.64 bits per heavy atom. The molecule has 0 bridgehead atoms. The first kappa shape index (κ1) is 10.5. The molecule has 0 saturated heterocycles. The van der Waals surface area contributed by atoms with E-state index in [0.29, 0.717) is 6.61 Å². The third-order valence-corrected chi connectivity index (χ3v) is 1.72. The number of carbonyl (C=O) groups is 1. The molecular formula is C11H13NO2. The van der Waals surface area contributed by atoms with Crippen LogP contribution in [0.5, 0.6) is 0 Å². The van der Waals surface area contributed by atoms with Gasteiger partial charge in [-0.15, -0.1) is 0 Å². The topological polar surface area (TPSA) is 38.3 Å². The SMILES string of the molecule is C=CC(=O)Nc1ccc(COC)cc1. The number of methoxy groups -OCH3 is 1. The summed E-state index contributed by atoms with van der Waals surface area (Å²) in [6.45, 7) is 3.95. The molecule has 1 amide bonds. The van der Waals surface area contributed by atoms with Crippen molar-refractivity contribution in [2.75, 3.05) is 12.4 Å². The molecule has 0 aliphatic rings. The predicted molar refractivity (Wildman–Crippen MR) is 56.0 cm³/mol. The van der Waals surface area contributed by atoms with Crippen molar-refractivity contribution in [2.24, 2.45) is 0 Å². The fourth-order valence-corrected chi connectivity index (χ4v) is 1.04. The molecule has 1 aromatic rings. The summed E-state index contributed by atoms with van der Waals surface area (Å²) in [5.41, 5.74) is 1.83. The number of hydrogen-bond donors (Lipinski definition) is 1. The second-order valence-electron chi connectivity index (χ2n) is 2.82. The Kier molecular flexibility index (Phi) is 3.88. The highest BCUT2D eigenvalue weighted by molar-refractivity contribution is 5.98. The number of nitrogens with one attached hydrogen (secondary N) is 1. The van der Waals surface area contributed by atoms with Crippen LogP contribution < -0.4 is 5.32 Å². The number of rotatable bonds is 4. The van der Waals surface area contributed by atoms with Crippen LogP contribution in [0.1, 0.15) is 5.56 Å². The second-order valence-corrected chi connectivity index (χ2v) is 2.82.